The van der Waals surface area contributed by atoms with E-state index in [1.165, 1.54) is 17.0 Å². The standard InChI is InChI=1S/C18H19FN2O3/c1-21(8-2-3-17(22)23)18(24)14-10-16(11-4-5-11)20-15-7-6-12(19)9-13(14)15/h6-7,9-11H,2-5,8H2,1H3,(H,22,23). The Morgan fingerprint density at radius 3 is 2.75 bits per heavy atom. The fraction of sp³-hybridized carbons (Fsp3) is 0.389. The second-order valence-corrected chi connectivity index (χ2v) is 6.25. The Kier molecular flexibility index (Phi) is 4.46. The summed E-state index contributed by atoms with van der Waals surface area (Å²) >= 11 is 0. The van der Waals surface area contributed by atoms with E-state index in [2.05, 4.69) is 4.98 Å². The summed E-state index contributed by atoms with van der Waals surface area (Å²) in [6, 6.07) is 6.03. The van der Waals surface area contributed by atoms with Crippen LogP contribution < -0.4 is 0 Å². The summed E-state index contributed by atoms with van der Waals surface area (Å²) in [5.74, 6) is -1.15. The molecule has 1 aliphatic rings. The Morgan fingerprint density at radius 2 is 2.08 bits per heavy atom. The van der Waals surface area contributed by atoms with Crippen molar-refractivity contribution in [3.05, 3.63) is 41.3 Å². The van der Waals surface area contributed by atoms with E-state index in [9.17, 15) is 14.0 Å². The van der Waals surface area contributed by atoms with E-state index in [4.69, 9.17) is 5.11 Å². The van der Waals surface area contributed by atoms with Crippen molar-refractivity contribution in [2.45, 2.75) is 31.6 Å². The molecule has 5 nitrogen and oxygen atoms in total. The van der Waals surface area contributed by atoms with Gasteiger partial charge in [0.05, 0.1) is 11.1 Å². The summed E-state index contributed by atoms with van der Waals surface area (Å²) in [6.07, 6.45) is 2.50. The summed E-state index contributed by atoms with van der Waals surface area (Å²) in [5.41, 5.74) is 1.92. The number of fused-ring (bicyclic) bond motifs is 1. The Hall–Kier alpha value is -2.50. The van der Waals surface area contributed by atoms with Crippen molar-refractivity contribution >= 4 is 22.8 Å². The molecule has 1 aromatic carbocycles. The number of carbonyl (C=O) groups excluding carboxylic acids is 1. The Bertz CT molecular complexity index is 802. The van der Waals surface area contributed by atoms with E-state index in [0.717, 1.165) is 18.5 Å². The number of carbonyl (C=O) groups is 2. The van der Waals surface area contributed by atoms with Gasteiger partial charge in [-0.25, -0.2) is 4.39 Å². The van der Waals surface area contributed by atoms with Gasteiger partial charge in [-0.3, -0.25) is 14.6 Å². The van der Waals surface area contributed by atoms with Gasteiger partial charge in [0.2, 0.25) is 0 Å². The molecule has 126 valence electrons. The minimum Gasteiger partial charge on any atom is -0.481 e. The molecule has 1 saturated carbocycles. The maximum absolute atomic E-state index is 13.6. The van der Waals surface area contributed by atoms with E-state index < -0.39 is 11.8 Å². The van der Waals surface area contributed by atoms with Gasteiger partial charge in [0.25, 0.3) is 5.91 Å². The fourth-order valence-electron chi connectivity index (χ4n) is 2.76. The predicted octanol–water partition coefficient (Wildman–Crippen LogP) is 3.19. The zero-order chi connectivity index (χ0) is 17.3. The highest BCUT2D eigenvalue weighted by atomic mass is 19.1. The zero-order valence-electron chi connectivity index (χ0n) is 13.5. The summed E-state index contributed by atoms with van der Waals surface area (Å²) in [6.45, 7) is 0.336. The number of aromatic nitrogens is 1. The first-order chi connectivity index (χ1) is 11.5. The number of rotatable bonds is 6. The minimum atomic E-state index is -0.886. The van der Waals surface area contributed by atoms with Crippen molar-refractivity contribution < 1.29 is 19.1 Å². The first kappa shape index (κ1) is 16.4. The molecule has 24 heavy (non-hydrogen) atoms. The summed E-state index contributed by atoms with van der Waals surface area (Å²) in [5, 5.41) is 9.20. The molecule has 0 saturated heterocycles. The van der Waals surface area contributed by atoms with Crippen molar-refractivity contribution in [3.8, 4) is 0 Å². The third-order valence-electron chi connectivity index (χ3n) is 4.25. The van der Waals surface area contributed by atoms with E-state index >= 15 is 0 Å². The van der Waals surface area contributed by atoms with Gasteiger partial charge in [0.1, 0.15) is 5.82 Å². The fourth-order valence-corrected chi connectivity index (χ4v) is 2.76. The van der Waals surface area contributed by atoms with Crippen molar-refractivity contribution in [3.63, 3.8) is 0 Å². The number of halogens is 1. The SMILES string of the molecule is CN(CCCC(=O)O)C(=O)c1cc(C2CC2)nc2ccc(F)cc12. The molecular formula is C18H19FN2O3. The van der Waals surface area contributed by atoms with Crippen LogP contribution in [0.3, 0.4) is 0 Å². The van der Waals surface area contributed by atoms with Crippen molar-refractivity contribution in [2.24, 2.45) is 0 Å². The topological polar surface area (TPSA) is 70.5 Å². The van der Waals surface area contributed by atoms with Gasteiger partial charge in [-0.1, -0.05) is 0 Å². The molecular weight excluding hydrogens is 311 g/mol. The number of nitrogens with zero attached hydrogens (tertiary/aromatic N) is 2. The lowest BCUT2D eigenvalue weighted by Gasteiger charge is -2.18. The molecule has 1 amide bonds. The highest BCUT2D eigenvalue weighted by molar-refractivity contribution is 6.06. The lowest BCUT2D eigenvalue weighted by Crippen LogP contribution is -2.28. The average molecular weight is 330 g/mol. The van der Waals surface area contributed by atoms with E-state index in [-0.39, 0.29) is 12.3 Å². The molecule has 0 unspecified atom stereocenters. The monoisotopic (exact) mass is 330 g/mol. The van der Waals surface area contributed by atoms with Crippen LogP contribution >= 0.6 is 0 Å². The third-order valence-corrected chi connectivity index (χ3v) is 4.25. The van der Waals surface area contributed by atoms with Crippen LogP contribution in [0.15, 0.2) is 24.3 Å². The molecule has 1 fully saturated rings. The normalized spacial score (nSPS) is 13.9. The zero-order valence-corrected chi connectivity index (χ0v) is 13.5. The van der Waals surface area contributed by atoms with Gasteiger partial charge < -0.3 is 10.0 Å². The first-order valence-electron chi connectivity index (χ1n) is 8.03. The van der Waals surface area contributed by atoms with Crippen LogP contribution in [0.5, 0.6) is 0 Å². The molecule has 0 aliphatic heterocycles. The summed E-state index contributed by atoms with van der Waals surface area (Å²) in [7, 11) is 1.63. The molecule has 1 N–H and O–H groups in total. The lowest BCUT2D eigenvalue weighted by atomic mass is 10.0. The van der Waals surface area contributed by atoms with Crippen LogP contribution in [0, 0.1) is 5.82 Å². The van der Waals surface area contributed by atoms with Crippen LogP contribution in [0.1, 0.15) is 47.7 Å². The molecule has 2 aromatic rings. The molecule has 0 atom stereocenters. The molecule has 3 rings (SSSR count). The number of pyridine rings is 1. The van der Waals surface area contributed by atoms with Gasteiger partial charge in [0, 0.05) is 37.0 Å². The van der Waals surface area contributed by atoms with Gasteiger partial charge in [0.15, 0.2) is 0 Å². The number of amides is 1. The smallest absolute Gasteiger partial charge is 0.303 e. The van der Waals surface area contributed by atoms with Crippen LogP contribution in [0.4, 0.5) is 4.39 Å². The number of aliphatic carboxylic acids is 1. The molecule has 1 aromatic heterocycles. The van der Waals surface area contributed by atoms with Gasteiger partial charge in [-0.15, -0.1) is 0 Å². The minimum absolute atomic E-state index is 0.0106. The highest BCUT2D eigenvalue weighted by Gasteiger charge is 2.27. The molecule has 1 heterocycles. The molecule has 0 radical (unpaired) electrons. The van der Waals surface area contributed by atoms with Gasteiger partial charge >= 0.3 is 5.97 Å². The Labute approximate surface area is 139 Å². The number of benzene rings is 1. The van der Waals surface area contributed by atoms with E-state index in [0.29, 0.717) is 35.3 Å². The van der Waals surface area contributed by atoms with Crippen LogP contribution in [-0.4, -0.2) is 40.5 Å². The second kappa shape index (κ2) is 6.55. The van der Waals surface area contributed by atoms with E-state index in [1.807, 2.05) is 0 Å². The number of carboxylic acid groups (broad SMARTS) is 1. The number of hydrogen-bond donors (Lipinski definition) is 1. The van der Waals surface area contributed by atoms with Gasteiger partial charge in [-0.05, 0) is 43.5 Å². The van der Waals surface area contributed by atoms with Crippen LogP contribution in [0.2, 0.25) is 0 Å². The molecule has 6 heteroatoms. The maximum Gasteiger partial charge on any atom is 0.303 e. The van der Waals surface area contributed by atoms with Crippen molar-refractivity contribution in [1.29, 1.82) is 0 Å². The Balaban J connectivity index is 1.92. The largest absolute Gasteiger partial charge is 0.481 e. The van der Waals surface area contributed by atoms with Gasteiger partial charge in [-0.2, -0.15) is 0 Å². The quantitative estimate of drug-likeness (QED) is 0.883. The summed E-state index contributed by atoms with van der Waals surface area (Å²) in [4.78, 5) is 29.4. The summed E-state index contributed by atoms with van der Waals surface area (Å²) < 4.78 is 13.6. The number of hydrogen-bond acceptors (Lipinski definition) is 3. The average Bonchev–Trinajstić information content (AvgIpc) is 3.37. The third kappa shape index (κ3) is 3.53. The van der Waals surface area contributed by atoms with E-state index in [1.54, 1.807) is 19.2 Å². The van der Waals surface area contributed by atoms with Crippen molar-refractivity contribution in [1.82, 2.24) is 9.88 Å². The lowest BCUT2D eigenvalue weighted by molar-refractivity contribution is -0.137. The van der Waals surface area contributed by atoms with Crippen LogP contribution in [0.25, 0.3) is 10.9 Å². The first-order valence-corrected chi connectivity index (χ1v) is 8.03. The molecule has 1 aliphatic carbocycles. The van der Waals surface area contributed by atoms with Crippen LogP contribution in [-0.2, 0) is 4.79 Å². The highest BCUT2D eigenvalue weighted by Crippen LogP contribution is 2.40. The number of carboxylic acids is 1. The van der Waals surface area contributed by atoms with Crippen molar-refractivity contribution in [2.75, 3.05) is 13.6 Å². The molecule has 0 bridgehead atoms. The second-order valence-electron chi connectivity index (χ2n) is 6.25. The predicted molar refractivity (Wildman–Crippen MR) is 87.5 cm³/mol. The maximum atomic E-state index is 13.6. The Morgan fingerprint density at radius 1 is 1.33 bits per heavy atom. The molecule has 0 spiro atoms.